The van der Waals surface area contributed by atoms with E-state index in [0.29, 0.717) is 46.2 Å². The van der Waals surface area contributed by atoms with Crippen molar-refractivity contribution in [2.45, 2.75) is 58.0 Å². The van der Waals surface area contributed by atoms with E-state index < -0.39 is 11.9 Å². The first-order valence-corrected chi connectivity index (χ1v) is 12.0. The van der Waals surface area contributed by atoms with Crippen LogP contribution in [0.1, 0.15) is 63.0 Å². The van der Waals surface area contributed by atoms with Crippen molar-refractivity contribution in [3.8, 4) is 0 Å². The van der Waals surface area contributed by atoms with Crippen molar-refractivity contribution in [1.29, 1.82) is 0 Å². The lowest BCUT2D eigenvalue weighted by Gasteiger charge is -2.37. The van der Waals surface area contributed by atoms with Crippen molar-refractivity contribution in [2.24, 2.45) is 0 Å². The Morgan fingerprint density at radius 3 is 2.48 bits per heavy atom. The highest BCUT2D eigenvalue weighted by Crippen LogP contribution is 2.46. The standard InChI is InChI=1S/C27H27Cl2NO3/c1-4-15(2)33-27(32)24-16(3)30-22-13-19(17-8-6-5-7-9-17)14-23(31)26(22)25(24)18-10-11-20(28)21(29)12-18/h5-12,15,19,25,30H,4,13-14H2,1-3H3/t15-,19+,25+/m0/s1. The summed E-state index contributed by atoms with van der Waals surface area (Å²) in [6.07, 6.45) is 1.55. The van der Waals surface area contributed by atoms with Crippen molar-refractivity contribution in [3.05, 3.63) is 92.2 Å². The van der Waals surface area contributed by atoms with Gasteiger partial charge in [-0.1, -0.05) is 66.5 Å². The number of carbonyl (C=O) groups is 2. The van der Waals surface area contributed by atoms with E-state index in [1.54, 1.807) is 12.1 Å². The number of Topliss-reactive ketones (excluding diaryl/α,β-unsaturated/α-hetero) is 1. The minimum atomic E-state index is -0.559. The molecule has 0 unspecified atom stereocenters. The number of halogens is 2. The van der Waals surface area contributed by atoms with E-state index >= 15 is 0 Å². The second-order valence-corrected chi connectivity index (χ2v) is 9.54. The van der Waals surface area contributed by atoms with Gasteiger partial charge in [-0.05, 0) is 55.9 Å². The number of nitrogens with one attached hydrogen (secondary N) is 1. The summed E-state index contributed by atoms with van der Waals surface area (Å²) in [7, 11) is 0. The third kappa shape index (κ3) is 4.73. The molecule has 1 aliphatic heterocycles. The molecule has 4 rings (SSSR count). The van der Waals surface area contributed by atoms with Gasteiger partial charge in [-0.3, -0.25) is 4.79 Å². The van der Waals surface area contributed by atoms with Crippen molar-refractivity contribution in [1.82, 2.24) is 5.32 Å². The molecule has 2 aromatic carbocycles. The molecule has 3 atom stereocenters. The molecule has 0 amide bonds. The molecule has 172 valence electrons. The number of hydrogen-bond acceptors (Lipinski definition) is 4. The maximum Gasteiger partial charge on any atom is 0.337 e. The van der Waals surface area contributed by atoms with Gasteiger partial charge in [0.15, 0.2) is 5.78 Å². The largest absolute Gasteiger partial charge is 0.459 e. The highest BCUT2D eigenvalue weighted by molar-refractivity contribution is 6.42. The lowest BCUT2D eigenvalue weighted by Crippen LogP contribution is -2.36. The fraction of sp³-hybridized carbons (Fsp3) is 0.333. The molecule has 2 aromatic rings. The Kier molecular flexibility index (Phi) is 6.96. The molecule has 33 heavy (non-hydrogen) atoms. The average Bonchev–Trinajstić information content (AvgIpc) is 2.80. The molecule has 2 aliphatic rings. The predicted octanol–water partition coefficient (Wildman–Crippen LogP) is 6.70. The Morgan fingerprint density at radius 2 is 1.82 bits per heavy atom. The number of ketones is 1. The second kappa shape index (κ2) is 9.74. The molecule has 0 aromatic heterocycles. The quantitative estimate of drug-likeness (QED) is 0.480. The SMILES string of the molecule is CC[C@H](C)OC(=O)C1=C(C)NC2=C(C(=O)C[C@H](c3ccccc3)C2)[C@@H]1c1ccc(Cl)c(Cl)c1. The monoisotopic (exact) mass is 483 g/mol. The van der Waals surface area contributed by atoms with Gasteiger partial charge in [-0.15, -0.1) is 0 Å². The molecule has 0 spiro atoms. The van der Waals surface area contributed by atoms with Crippen LogP contribution in [0.3, 0.4) is 0 Å². The molecule has 1 aliphatic carbocycles. The molecule has 0 radical (unpaired) electrons. The summed E-state index contributed by atoms with van der Waals surface area (Å²) in [5.74, 6) is -0.873. The maximum atomic E-state index is 13.6. The topological polar surface area (TPSA) is 55.4 Å². The van der Waals surface area contributed by atoms with Crippen LogP contribution in [-0.2, 0) is 14.3 Å². The molecule has 0 fully saturated rings. The van der Waals surface area contributed by atoms with Crippen LogP contribution in [-0.4, -0.2) is 17.9 Å². The van der Waals surface area contributed by atoms with E-state index in [1.165, 1.54) is 0 Å². The highest BCUT2D eigenvalue weighted by Gasteiger charge is 2.41. The van der Waals surface area contributed by atoms with Gasteiger partial charge < -0.3 is 10.1 Å². The van der Waals surface area contributed by atoms with E-state index in [2.05, 4.69) is 17.4 Å². The van der Waals surface area contributed by atoms with E-state index in [4.69, 9.17) is 27.9 Å². The van der Waals surface area contributed by atoms with E-state index in [1.807, 2.05) is 45.0 Å². The first-order valence-electron chi connectivity index (χ1n) is 11.2. The van der Waals surface area contributed by atoms with E-state index in [0.717, 1.165) is 16.8 Å². The Bertz CT molecular complexity index is 1150. The van der Waals surface area contributed by atoms with Crippen LogP contribution in [0.15, 0.2) is 71.1 Å². The minimum absolute atomic E-state index is 0.0232. The van der Waals surface area contributed by atoms with Gasteiger partial charge in [0, 0.05) is 29.3 Å². The van der Waals surface area contributed by atoms with Crippen LogP contribution < -0.4 is 5.32 Å². The Labute approximate surface area is 204 Å². The van der Waals surface area contributed by atoms with Crippen LogP contribution in [0, 0.1) is 0 Å². The van der Waals surface area contributed by atoms with Crippen LogP contribution in [0.5, 0.6) is 0 Å². The summed E-state index contributed by atoms with van der Waals surface area (Å²) in [5, 5.41) is 4.18. The highest BCUT2D eigenvalue weighted by atomic mass is 35.5. The number of benzene rings is 2. The van der Waals surface area contributed by atoms with Gasteiger partial charge in [0.25, 0.3) is 0 Å². The summed E-state index contributed by atoms with van der Waals surface area (Å²) in [6.45, 7) is 5.68. The van der Waals surface area contributed by atoms with Gasteiger partial charge in [0.2, 0.25) is 0 Å². The number of ether oxygens (including phenoxy) is 1. The summed E-state index contributed by atoms with van der Waals surface area (Å²) in [4.78, 5) is 26.8. The van der Waals surface area contributed by atoms with Crippen molar-refractivity contribution >= 4 is 35.0 Å². The number of rotatable bonds is 5. The van der Waals surface area contributed by atoms with Gasteiger partial charge in [-0.25, -0.2) is 4.79 Å². The van der Waals surface area contributed by atoms with Crippen LogP contribution in [0.4, 0.5) is 0 Å². The summed E-state index contributed by atoms with van der Waals surface area (Å²) in [6, 6.07) is 15.3. The number of hydrogen-bond donors (Lipinski definition) is 1. The number of esters is 1. The van der Waals surface area contributed by atoms with E-state index in [9.17, 15) is 9.59 Å². The number of allylic oxidation sites excluding steroid dienone is 3. The Morgan fingerprint density at radius 1 is 1.09 bits per heavy atom. The molecule has 1 N–H and O–H groups in total. The predicted molar refractivity (Wildman–Crippen MR) is 131 cm³/mol. The fourth-order valence-corrected chi connectivity index (χ4v) is 4.93. The van der Waals surface area contributed by atoms with Gasteiger partial charge in [0.05, 0.1) is 21.7 Å². The zero-order valence-electron chi connectivity index (χ0n) is 19.0. The summed E-state index contributed by atoms with van der Waals surface area (Å²) >= 11 is 12.5. The lowest BCUT2D eigenvalue weighted by molar-refractivity contribution is -0.144. The Hall–Kier alpha value is -2.56. The molecular formula is C27H27Cl2NO3. The molecule has 6 heteroatoms. The van der Waals surface area contributed by atoms with Crippen LogP contribution >= 0.6 is 23.2 Å². The molecule has 0 bridgehead atoms. The summed E-state index contributed by atoms with van der Waals surface area (Å²) < 4.78 is 5.69. The third-order valence-electron chi connectivity index (χ3n) is 6.48. The number of dihydropyridines is 1. The van der Waals surface area contributed by atoms with E-state index in [-0.39, 0.29) is 17.8 Å². The third-order valence-corrected chi connectivity index (χ3v) is 7.22. The average molecular weight is 484 g/mol. The minimum Gasteiger partial charge on any atom is -0.459 e. The fourth-order valence-electron chi connectivity index (χ4n) is 4.63. The molecular weight excluding hydrogens is 457 g/mol. The van der Waals surface area contributed by atoms with Gasteiger partial charge >= 0.3 is 5.97 Å². The first-order chi connectivity index (χ1) is 15.8. The van der Waals surface area contributed by atoms with Crippen LogP contribution in [0.2, 0.25) is 10.0 Å². The normalized spacial score (nSPS) is 21.4. The molecule has 0 saturated heterocycles. The smallest absolute Gasteiger partial charge is 0.337 e. The molecule has 4 nitrogen and oxygen atoms in total. The Balaban J connectivity index is 1.80. The van der Waals surface area contributed by atoms with Crippen LogP contribution in [0.25, 0.3) is 0 Å². The molecule has 1 heterocycles. The zero-order valence-corrected chi connectivity index (χ0v) is 20.5. The van der Waals surface area contributed by atoms with Gasteiger partial charge in [0.1, 0.15) is 0 Å². The zero-order chi connectivity index (χ0) is 23.7. The second-order valence-electron chi connectivity index (χ2n) is 8.73. The first kappa shape index (κ1) is 23.6. The van der Waals surface area contributed by atoms with Crippen molar-refractivity contribution in [2.75, 3.05) is 0 Å². The van der Waals surface area contributed by atoms with Gasteiger partial charge in [-0.2, -0.15) is 0 Å². The summed E-state index contributed by atoms with van der Waals surface area (Å²) in [5.41, 5.74) is 4.49. The number of carbonyl (C=O) groups excluding carboxylic acids is 2. The van der Waals surface area contributed by atoms with Crippen molar-refractivity contribution in [3.63, 3.8) is 0 Å². The molecule has 0 saturated carbocycles. The maximum absolute atomic E-state index is 13.6. The lowest BCUT2D eigenvalue weighted by atomic mass is 9.72. The van der Waals surface area contributed by atoms with Crippen molar-refractivity contribution < 1.29 is 14.3 Å².